The van der Waals surface area contributed by atoms with E-state index in [0.717, 1.165) is 6.07 Å². The fourth-order valence-electron chi connectivity index (χ4n) is 0.860. The highest BCUT2D eigenvalue weighted by atomic mass is 35.5. The Bertz CT molecular complexity index is 516. The molecule has 0 aliphatic rings. The first kappa shape index (κ1) is 14.0. The second-order valence-electron chi connectivity index (χ2n) is 2.68. The first-order chi connectivity index (χ1) is 7.33. The Morgan fingerprint density at radius 1 is 1.38 bits per heavy atom. The molecule has 16 heavy (non-hydrogen) atoms. The molecule has 0 saturated heterocycles. The number of benzene rings is 1. The fourth-order valence-corrected chi connectivity index (χ4v) is 3.23. The van der Waals surface area contributed by atoms with Crippen molar-refractivity contribution in [2.75, 3.05) is 6.35 Å². The van der Waals surface area contributed by atoms with Crippen LogP contribution in [0.2, 0.25) is 10.0 Å². The Morgan fingerprint density at radius 2 is 2.00 bits per heavy atom. The van der Waals surface area contributed by atoms with Crippen molar-refractivity contribution in [3.8, 4) is 0 Å². The molecule has 0 saturated carbocycles. The Labute approximate surface area is 103 Å². The average Bonchev–Trinajstić information content (AvgIpc) is 2.19. The quantitative estimate of drug-likeness (QED) is 0.681. The zero-order chi connectivity index (χ0) is 12.3. The summed E-state index contributed by atoms with van der Waals surface area (Å²) in [5, 5.41) is 0.102. The van der Waals surface area contributed by atoms with Gasteiger partial charge in [-0.15, -0.1) is 0 Å². The maximum atomic E-state index is 11.5. The maximum Gasteiger partial charge on any atom is 0.299 e. The minimum absolute atomic E-state index is 0.0676. The van der Waals surface area contributed by atoms with Gasteiger partial charge in [0.1, 0.15) is 11.2 Å². The molecule has 1 N–H and O–H groups in total. The molecule has 0 radical (unpaired) electrons. The van der Waals surface area contributed by atoms with E-state index < -0.39 is 24.5 Å². The topological polar surface area (TPSA) is 80.7 Å². The van der Waals surface area contributed by atoms with Gasteiger partial charge in [0, 0.05) is 5.02 Å². The van der Waals surface area contributed by atoms with Crippen LogP contribution in [0.5, 0.6) is 0 Å². The maximum absolute atomic E-state index is 11.5. The van der Waals surface area contributed by atoms with Gasteiger partial charge in [-0.25, -0.2) is 0 Å². The molecule has 1 unspecified atom stereocenters. The second-order valence-corrected chi connectivity index (χ2v) is 6.19. The lowest BCUT2D eigenvalue weighted by atomic mass is 10.4. The molecule has 1 atom stereocenters. The normalized spacial score (nSPS) is 13.7. The average molecular weight is 305 g/mol. The van der Waals surface area contributed by atoms with Crippen molar-refractivity contribution >= 4 is 41.3 Å². The van der Waals surface area contributed by atoms with Crippen LogP contribution in [0.1, 0.15) is 0 Å². The van der Waals surface area contributed by atoms with E-state index in [-0.39, 0.29) is 14.9 Å². The summed E-state index contributed by atoms with van der Waals surface area (Å²) >= 11 is 11.2. The van der Waals surface area contributed by atoms with E-state index in [1.54, 1.807) is 0 Å². The van der Waals surface area contributed by atoms with Crippen molar-refractivity contribution in [3.63, 3.8) is 0 Å². The van der Waals surface area contributed by atoms with E-state index in [9.17, 15) is 13.0 Å². The van der Waals surface area contributed by atoms with Crippen LogP contribution in [0.3, 0.4) is 0 Å². The molecule has 0 heterocycles. The largest absolute Gasteiger partial charge is 0.345 e. The van der Waals surface area contributed by atoms with Crippen LogP contribution >= 0.6 is 31.2 Å². The Balaban J connectivity index is 3.07. The van der Waals surface area contributed by atoms with Gasteiger partial charge >= 0.3 is 0 Å². The Hall–Kier alpha value is -0.100. The van der Waals surface area contributed by atoms with Gasteiger partial charge in [-0.2, -0.15) is 8.42 Å². The van der Waals surface area contributed by atoms with Crippen LogP contribution in [0, 0.1) is 0 Å². The van der Waals surface area contributed by atoms with Crippen molar-refractivity contribution in [3.05, 3.63) is 28.2 Å². The van der Waals surface area contributed by atoms with Gasteiger partial charge < -0.3 is 4.89 Å². The van der Waals surface area contributed by atoms with Gasteiger partial charge in [0.15, 0.2) is 0 Å². The third-order valence-corrected chi connectivity index (χ3v) is 4.08. The van der Waals surface area contributed by atoms with Crippen LogP contribution in [-0.2, 0) is 18.9 Å². The monoisotopic (exact) mass is 304 g/mol. The third kappa shape index (κ3) is 3.73. The summed E-state index contributed by atoms with van der Waals surface area (Å²) in [5.41, 5.74) is 0. The zero-order valence-electron chi connectivity index (χ0n) is 7.68. The lowest BCUT2D eigenvalue weighted by Gasteiger charge is -2.06. The molecule has 0 bridgehead atoms. The summed E-state index contributed by atoms with van der Waals surface area (Å²) in [4.78, 5) is 8.16. The van der Waals surface area contributed by atoms with Gasteiger partial charge in [-0.3, -0.25) is 8.75 Å². The molecule has 1 aromatic rings. The van der Waals surface area contributed by atoms with E-state index in [1.807, 2.05) is 0 Å². The molecule has 5 nitrogen and oxygen atoms in total. The molecule has 0 fully saturated rings. The predicted molar refractivity (Wildman–Crippen MR) is 60.8 cm³/mol. The van der Waals surface area contributed by atoms with Crippen LogP contribution < -0.4 is 0 Å². The summed E-state index contributed by atoms with van der Waals surface area (Å²) < 4.78 is 37.7. The molecular formula is C7H7Cl2O5PS. The van der Waals surface area contributed by atoms with Crippen LogP contribution in [0.25, 0.3) is 0 Å². The van der Waals surface area contributed by atoms with Crippen molar-refractivity contribution in [1.29, 1.82) is 0 Å². The van der Waals surface area contributed by atoms with E-state index in [1.165, 1.54) is 12.1 Å². The summed E-state index contributed by atoms with van der Waals surface area (Å²) in [6, 6.07) is 3.81. The van der Waals surface area contributed by atoms with E-state index >= 15 is 0 Å². The van der Waals surface area contributed by atoms with Crippen LogP contribution in [0.15, 0.2) is 23.1 Å². The fraction of sp³-hybridized carbons (Fsp3) is 0.143. The third-order valence-electron chi connectivity index (χ3n) is 1.50. The lowest BCUT2D eigenvalue weighted by Crippen LogP contribution is -2.06. The smallest absolute Gasteiger partial charge is 0.299 e. The van der Waals surface area contributed by atoms with E-state index in [2.05, 4.69) is 4.18 Å². The summed E-state index contributed by atoms with van der Waals surface area (Å²) in [6.07, 6.45) is -0.782. The van der Waals surface area contributed by atoms with Gasteiger partial charge in [-0.05, 0) is 18.2 Å². The predicted octanol–water partition coefficient (Wildman–Crippen LogP) is 2.12. The Kier molecular flexibility index (Phi) is 4.79. The molecule has 0 aromatic heterocycles. The first-order valence-corrected chi connectivity index (χ1v) is 7.62. The molecule has 0 aliphatic heterocycles. The van der Waals surface area contributed by atoms with Gasteiger partial charge in [0.05, 0.1) is 5.02 Å². The van der Waals surface area contributed by atoms with Gasteiger partial charge in [-0.1, -0.05) is 23.2 Å². The first-order valence-electron chi connectivity index (χ1n) is 3.89. The number of hydrogen-bond donors (Lipinski definition) is 1. The molecule has 0 aliphatic carbocycles. The lowest BCUT2D eigenvalue weighted by molar-refractivity contribution is 0.355. The van der Waals surface area contributed by atoms with E-state index in [0.29, 0.717) is 0 Å². The van der Waals surface area contributed by atoms with Gasteiger partial charge in [0.2, 0.25) is 8.03 Å². The van der Waals surface area contributed by atoms with Crippen molar-refractivity contribution in [2.24, 2.45) is 0 Å². The Morgan fingerprint density at radius 3 is 2.56 bits per heavy atom. The number of halogens is 2. The highest BCUT2D eigenvalue weighted by Gasteiger charge is 2.20. The molecular weight excluding hydrogens is 298 g/mol. The minimum atomic E-state index is -4.16. The SMILES string of the molecule is O=[PH](O)COS(=O)(=O)c1cc(Cl)ccc1Cl. The van der Waals surface area contributed by atoms with Crippen molar-refractivity contribution in [2.45, 2.75) is 4.90 Å². The minimum Gasteiger partial charge on any atom is -0.345 e. The van der Waals surface area contributed by atoms with Gasteiger partial charge in [0.25, 0.3) is 10.1 Å². The van der Waals surface area contributed by atoms with Crippen LogP contribution in [-0.4, -0.2) is 19.7 Å². The highest BCUT2D eigenvalue weighted by molar-refractivity contribution is 7.87. The zero-order valence-corrected chi connectivity index (χ0v) is 11.0. The summed E-state index contributed by atoms with van der Waals surface area (Å²) in [6.45, 7) is 0. The van der Waals surface area contributed by atoms with Crippen molar-refractivity contribution in [1.82, 2.24) is 0 Å². The van der Waals surface area contributed by atoms with Crippen LogP contribution in [0.4, 0.5) is 0 Å². The molecule has 1 rings (SSSR count). The summed E-state index contributed by atoms with van der Waals surface area (Å²) in [7, 11) is -7.18. The molecule has 0 amide bonds. The molecule has 1 aromatic carbocycles. The molecule has 9 heteroatoms. The number of rotatable bonds is 4. The second kappa shape index (κ2) is 5.49. The summed E-state index contributed by atoms with van der Waals surface area (Å²) in [5.74, 6) is 0. The standard InChI is InChI=1S/C7H7Cl2O5PS/c8-5-1-2-6(9)7(3-5)16(12,13)14-4-15(10)11/h1-3,15H,4H2,(H,10,11). The molecule has 0 spiro atoms. The molecule has 90 valence electrons. The van der Waals surface area contributed by atoms with E-state index in [4.69, 9.17) is 28.1 Å². The number of hydrogen-bond acceptors (Lipinski definition) is 4. The highest BCUT2D eigenvalue weighted by Crippen LogP contribution is 2.27. The van der Waals surface area contributed by atoms with Crippen molar-refractivity contribution < 1.29 is 22.1 Å².